The van der Waals surface area contributed by atoms with Gasteiger partial charge in [-0.1, -0.05) is 26.7 Å². The SMILES string of the molecule is C#CCCCCC(C)(C)CCCC(C)NC. The fourth-order valence-corrected chi connectivity index (χ4v) is 1.99. The molecule has 0 bridgehead atoms. The first-order valence-corrected chi connectivity index (χ1v) is 6.62. The minimum Gasteiger partial charge on any atom is -0.317 e. The lowest BCUT2D eigenvalue weighted by atomic mass is 9.82. The van der Waals surface area contributed by atoms with Crippen molar-refractivity contribution in [3.63, 3.8) is 0 Å². The minimum atomic E-state index is 0.488. The first-order valence-electron chi connectivity index (χ1n) is 6.62. The van der Waals surface area contributed by atoms with E-state index in [0.29, 0.717) is 11.5 Å². The molecule has 0 saturated carbocycles. The van der Waals surface area contributed by atoms with Crippen molar-refractivity contribution in [2.75, 3.05) is 7.05 Å². The van der Waals surface area contributed by atoms with Gasteiger partial charge in [-0.25, -0.2) is 0 Å². The van der Waals surface area contributed by atoms with Gasteiger partial charge in [-0.15, -0.1) is 12.3 Å². The summed E-state index contributed by atoms with van der Waals surface area (Å²) in [5, 5.41) is 3.29. The Balaban J connectivity index is 3.58. The van der Waals surface area contributed by atoms with Crippen molar-refractivity contribution in [1.29, 1.82) is 0 Å². The third-order valence-electron chi connectivity index (χ3n) is 3.41. The van der Waals surface area contributed by atoms with Gasteiger partial charge < -0.3 is 5.32 Å². The van der Waals surface area contributed by atoms with Crippen molar-refractivity contribution in [3.05, 3.63) is 0 Å². The average molecular weight is 223 g/mol. The lowest BCUT2D eigenvalue weighted by Gasteiger charge is -2.25. The zero-order valence-corrected chi connectivity index (χ0v) is 11.6. The Hall–Kier alpha value is -0.480. The molecule has 0 heterocycles. The topological polar surface area (TPSA) is 12.0 Å². The summed E-state index contributed by atoms with van der Waals surface area (Å²) < 4.78 is 0. The molecule has 94 valence electrons. The number of terminal acetylenes is 1. The van der Waals surface area contributed by atoms with Crippen LogP contribution in [0.15, 0.2) is 0 Å². The Bertz CT molecular complexity index is 200. The predicted octanol–water partition coefficient (Wildman–Crippen LogP) is 3.98. The molecule has 0 amide bonds. The maximum absolute atomic E-state index is 5.25. The van der Waals surface area contributed by atoms with Crippen LogP contribution in [0.5, 0.6) is 0 Å². The Morgan fingerprint density at radius 1 is 1.19 bits per heavy atom. The molecular formula is C15H29N. The molecule has 0 aliphatic rings. The fourth-order valence-electron chi connectivity index (χ4n) is 1.99. The summed E-state index contributed by atoms with van der Waals surface area (Å²) in [7, 11) is 2.04. The fraction of sp³-hybridized carbons (Fsp3) is 0.867. The molecule has 0 aromatic carbocycles. The van der Waals surface area contributed by atoms with E-state index in [0.717, 1.165) is 6.42 Å². The number of unbranched alkanes of at least 4 members (excludes halogenated alkanes) is 2. The van der Waals surface area contributed by atoms with Gasteiger partial charge in [0.05, 0.1) is 0 Å². The van der Waals surface area contributed by atoms with Crippen LogP contribution in [-0.4, -0.2) is 13.1 Å². The lowest BCUT2D eigenvalue weighted by Crippen LogP contribution is -2.21. The van der Waals surface area contributed by atoms with Crippen LogP contribution < -0.4 is 5.32 Å². The highest BCUT2D eigenvalue weighted by molar-refractivity contribution is 4.83. The van der Waals surface area contributed by atoms with Crippen molar-refractivity contribution in [3.8, 4) is 12.3 Å². The molecule has 1 atom stereocenters. The second-order valence-electron chi connectivity index (χ2n) is 5.66. The summed E-state index contributed by atoms with van der Waals surface area (Å²) in [5.41, 5.74) is 0.488. The summed E-state index contributed by atoms with van der Waals surface area (Å²) in [5.74, 6) is 2.71. The molecule has 0 aromatic rings. The van der Waals surface area contributed by atoms with Gasteiger partial charge in [-0.05, 0) is 45.1 Å². The molecule has 1 N–H and O–H groups in total. The third kappa shape index (κ3) is 8.80. The Morgan fingerprint density at radius 3 is 2.38 bits per heavy atom. The number of hydrogen-bond donors (Lipinski definition) is 1. The molecule has 0 aliphatic carbocycles. The van der Waals surface area contributed by atoms with Crippen LogP contribution in [0.2, 0.25) is 0 Å². The highest BCUT2D eigenvalue weighted by atomic mass is 14.8. The highest BCUT2D eigenvalue weighted by Crippen LogP contribution is 2.29. The van der Waals surface area contributed by atoms with Crippen LogP contribution in [0, 0.1) is 17.8 Å². The Morgan fingerprint density at radius 2 is 1.81 bits per heavy atom. The summed E-state index contributed by atoms with van der Waals surface area (Å²) in [6.07, 6.45) is 13.9. The van der Waals surface area contributed by atoms with E-state index in [1.54, 1.807) is 0 Å². The van der Waals surface area contributed by atoms with Gasteiger partial charge in [0.2, 0.25) is 0 Å². The zero-order chi connectivity index (χ0) is 12.4. The Labute approximate surface area is 102 Å². The first kappa shape index (κ1) is 15.5. The molecule has 16 heavy (non-hydrogen) atoms. The summed E-state index contributed by atoms with van der Waals surface area (Å²) >= 11 is 0. The van der Waals surface area contributed by atoms with Crippen LogP contribution >= 0.6 is 0 Å². The van der Waals surface area contributed by atoms with E-state index in [-0.39, 0.29) is 0 Å². The average Bonchev–Trinajstić information content (AvgIpc) is 2.24. The summed E-state index contributed by atoms with van der Waals surface area (Å²) in [6.45, 7) is 7.01. The van der Waals surface area contributed by atoms with Crippen LogP contribution in [0.1, 0.15) is 65.7 Å². The maximum atomic E-state index is 5.25. The highest BCUT2D eigenvalue weighted by Gasteiger charge is 2.16. The molecule has 0 fully saturated rings. The molecule has 1 nitrogen and oxygen atoms in total. The first-order chi connectivity index (χ1) is 7.52. The van der Waals surface area contributed by atoms with E-state index in [9.17, 15) is 0 Å². The molecular weight excluding hydrogens is 194 g/mol. The van der Waals surface area contributed by atoms with Gasteiger partial charge in [-0.2, -0.15) is 0 Å². The number of nitrogens with one attached hydrogen (secondary N) is 1. The number of hydrogen-bond acceptors (Lipinski definition) is 1. The second kappa shape index (κ2) is 8.65. The zero-order valence-electron chi connectivity index (χ0n) is 11.6. The van der Waals surface area contributed by atoms with Gasteiger partial charge in [0, 0.05) is 12.5 Å². The van der Waals surface area contributed by atoms with Crippen molar-refractivity contribution in [1.82, 2.24) is 5.32 Å². The largest absolute Gasteiger partial charge is 0.317 e. The quantitative estimate of drug-likeness (QED) is 0.460. The van der Waals surface area contributed by atoms with Crippen molar-refractivity contribution < 1.29 is 0 Å². The molecule has 0 spiro atoms. The standard InChI is InChI=1S/C15H29N/c1-6-7-8-9-12-15(3,4)13-10-11-14(2)16-5/h1,14,16H,7-13H2,2-5H3. The van der Waals surface area contributed by atoms with Crippen molar-refractivity contribution >= 4 is 0 Å². The summed E-state index contributed by atoms with van der Waals surface area (Å²) in [6, 6.07) is 0.650. The van der Waals surface area contributed by atoms with Crippen molar-refractivity contribution in [2.45, 2.75) is 71.8 Å². The van der Waals surface area contributed by atoms with Gasteiger partial charge in [0.25, 0.3) is 0 Å². The molecule has 1 heteroatoms. The van der Waals surface area contributed by atoms with Crippen LogP contribution in [-0.2, 0) is 0 Å². The molecule has 0 radical (unpaired) electrons. The van der Waals surface area contributed by atoms with E-state index < -0.39 is 0 Å². The second-order valence-corrected chi connectivity index (χ2v) is 5.66. The van der Waals surface area contributed by atoms with Gasteiger partial charge in [-0.3, -0.25) is 0 Å². The monoisotopic (exact) mass is 223 g/mol. The third-order valence-corrected chi connectivity index (χ3v) is 3.41. The van der Waals surface area contributed by atoms with Crippen LogP contribution in [0.4, 0.5) is 0 Å². The van der Waals surface area contributed by atoms with Gasteiger partial charge in [0.15, 0.2) is 0 Å². The smallest absolute Gasteiger partial charge is 0.00860 e. The molecule has 0 saturated heterocycles. The van der Waals surface area contributed by atoms with Gasteiger partial charge >= 0.3 is 0 Å². The molecule has 1 unspecified atom stereocenters. The van der Waals surface area contributed by atoms with E-state index >= 15 is 0 Å². The maximum Gasteiger partial charge on any atom is 0.00860 e. The normalized spacial score (nSPS) is 13.4. The Kier molecular flexibility index (Phi) is 8.39. The molecule has 0 aliphatic heterocycles. The number of rotatable bonds is 9. The van der Waals surface area contributed by atoms with E-state index in [1.807, 2.05) is 7.05 Å². The van der Waals surface area contributed by atoms with Crippen LogP contribution in [0.25, 0.3) is 0 Å². The summed E-state index contributed by atoms with van der Waals surface area (Å²) in [4.78, 5) is 0. The lowest BCUT2D eigenvalue weighted by molar-refractivity contribution is 0.281. The minimum absolute atomic E-state index is 0.488. The molecule has 0 aromatic heterocycles. The predicted molar refractivity (Wildman–Crippen MR) is 73.5 cm³/mol. The van der Waals surface area contributed by atoms with E-state index in [1.165, 1.54) is 38.5 Å². The van der Waals surface area contributed by atoms with Gasteiger partial charge in [0.1, 0.15) is 0 Å². The van der Waals surface area contributed by atoms with E-state index in [4.69, 9.17) is 6.42 Å². The van der Waals surface area contributed by atoms with Crippen molar-refractivity contribution in [2.24, 2.45) is 5.41 Å². The molecule has 0 rings (SSSR count). The van der Waals surface area contributed by atoms with E-state index in [2.05, 4.69) is 32.0 Å². The van der Waals surface area contributed by atoms with Crippen LogP contribution in [0.3, 0.4) is 0 Å².